The van der Waals surface area contributed by atoms with E-state index >= 15 is 0 Å². The number of nitrogens with zero attached hydrogens (tertiary/aromatic N) is 2. The van der Waals surface area contributed by atoms with E-state index in [2.05, 4.69) is 41.1 Å². The molecule has 2 aromatic carbocycles. The monoisotopic (exact) mass is 418 g/mol. The number of amides is 1. The Bertz CT molecular complexity index is 1050. The molecule has 0 N–H and O–H groups in total. The number of rotatable bonds is 5. The van der Waals surface area contributed by atoms with Crippen LogP contribution in [-0.4, -0.2) is 34.5 Å². The van der Waals surface area contributed by atoms with Crippen LogP contribution in [0.15, 0.2) is 54.6 Å². The van der Waals surface area contributed by atoms with Crippen LogP contribution in [0.25, 0.3) is 10.4 Å². The summed E-state index contributed by atoms with van der Waals surface area (Å²) in [6.45, 7) is 5.37. The van der Waals surface area contributed by atoms with E-state index in [9.17, 15) is 4.79 Å². The molecule has 4 nitrogen and oxygen atoms in total. The number of aromatic nitrogens is 1. The fourth-order valence-electron chi connectivity index (χ4n) is 4.84. The predicted molar refractivity (Wildman–Crippen MR) is 120 cm³/mol. The molecule has 2 aliphatic heterocycles. The van der Waals surface area contributed by atoms with Crippen LogP contribution in [0.2, 0.25) is 0 Å². The summed E-state index contributed by atoms with van der Waals surface area (Å²) in [7, 11) is 0. The Labute approximate surface area is 181 Å². The third-order valence-corrected chi connectivity index (χ3v) is 7.44. The quantitative estimate of drug-likeness (QED) is 0.549. The summed E-state index contributed by atoms with van der Waals surface area (Å²) in [6.07, 6.45) is 3.12. The molecule has 154 valence electrons. The van der Waals surface area contributed by atoms with Gasteiger partial charge in [-0.2, -0.15) is 0 Å². The average molecular weight is 419 g/mol. The van der Waals surface area contributed by atoms with Crippen molar-refractivity contribution in [2.75, 3.05) is 13.2 Å². The fourth-order valence-corrected chi connectivity index (χ4v) is 5.75. The highest BCUT2D eigenvalue weighted by Crippen LogP contribution is 2.50. The minimum absolute atomic E-state index is 0.0452. The third-order valence-electron chi connectivity index (χ3n) is 6.42. The topological polar surface area (TPSA) is 42.4 Å². The number of piperidine rings is 2. The Hall–Kier alpha value is -2.66. The van der Waals surface area contributed by atoms with Crippen molar-refractivity contribution in [2.24, 2.45) is 5.92 Å². The summed E-state index contributed by atoms with van der Waals surface area (Å²) in [6, 6.07) is 18.2. The van der Waals surface area contributed by atoms with E-state index in [0.29, 0.717) is 18.2 Å². The second kappa shape index (κ2) is 7.55. The van der Waals surface area contributed by atoms with Crippen molar-refractivity contribution >= 4 is 17.2 Å². The molecule has 5 heteroatoms. The van der Waals surface area contributed by atoms with Crippen LogP contribution in [0.1, 0.15) is 40.3 Å². The van der Waals surface area contributed by atoms with Crippen LogP contribution in [0.5, 0.6) is 5.75 Å². The zero-order valence-electron chi connectivity index (χ0n) is 17.4. The standard InChI is InChI=1S/C25H26N2O2S/c1-17-8-10-21(11-9-17)29-16-25-14-19(15-25)12-13-27(25)24(28)22-23(30-18(2)26-22)20-6-4-3-5-7-20/h3-11,19H,12-16H2,1-2H3. The van der Waals surface area contributed by atoms with Crippen molar-refractivity contribution < 1.29 is 9.53 Å². The lowest BCUT2D eigenvalue weighted by Gasteiger charge is -2.58. The Morgan fingerprint density at radius 3 is 2.60 bits per heavy atom. The maximum Gasteiger partial charge on any atom is 0.274 e. The van der Waals surface area contributed by atoms with Crippen molar-refractivity contribution in [2.45, 2.75) is 38.6 Å². The van der Waals surface area contributed by atoms with Crippen molar-refractivity contribution in [3.05, 3.63) is 70.9 Å². The van der Waals surface area contributed by atoms with Gasteiger partial charge in [-0.1, -0.05) is 48.0 Å². The first-order valence-electron chi connectivity index (χ1n) is 10.6. The van der Waals surface area contributed by atoms with E-state index < -0.39 is 0 Å². The second-order valence-corrected chi connectivity index (χ2v) is 9.83. The van der Waals surface area contributed by atoms with Gasteiger partial charge in [0.05, 0.1) is 15.4 Å². The molecule has 0 unspecified atom stereocenters. The molecule has 2 saturated heterocycles. The van der Waals surface area contributed by atoms with Crippen LogP contribution < -0.4 is 4.74 Å². The molecule has 1 saturated carbocycles. The molecule has 3 aromatic rings. The van der Waals surface area contributed by atoms with Gasteiger partial charge in [0, 0.05) is 6.54 Å². The number of aryl methyl sites for hydroxylation is 2. The van der Waals surface area contributed by atoms with Gasteiger partial charge in [-0.05, 0) is 56.7 Å². The zero-order valence-corrected chi connectivity index (χ0v) is 18.2. The summed E-state index contributed by atoms with van der Waals surface area (Å²) in [5.41, 5.74) is 2.64. The maximum atomic E-state index is 13.7. The first-order chi connectivity index (χ1) is 14.5. The smallest absolute Gasteiger partial charge is 0.274 e. The second-order valence-electron chi connectivity index (χ2n) is 8.62. The summed E-state index contributed by atoms with van der Waals surface area (Å²) < 4.78 is 6.17. The first-order valence-corrected chi connectivity index (χ1v) is 11.4. The molecule has 3 heterocycles. The Kier molecular flexibility index (Phi) is 4.86. The van der Waals surface area contributed by atoms with E-state index in [4.69, 9.17) is 4.74 Å². The van der Waals surface area contributed by atoms with E-state index in [-0.39, 0.29) is 11.4 Å². The van der Waals surface area contributed by atoms with Crippen LogP contribution in [0.3, 0.4) is 0 Å². The van der Waals surface area contributed by atoms with Gasteiger partial charge in [-0.3, -0.25) is 4.79 Å². The number of ether oxygens (including phenoxy) is 1. The average Bonchev–Trinajstić information content (AvgIpc) is 3.14. The SMILES string of the molecule is Cc1ccc(OCC23CC(CCN2C(=O)c2nc(C)sc2-c2ccccc2)C3)cc1. The predicted octanol–water partition coefficient (Wildman–Crippen LogP) is 5.50. The summed E-state index contributed by atoms with van der Waals surface area (Å²) in [5, 5.41) is 0.922. The molecule has 3 aliphatic rings. The number of fused-ring (bicyclic) bond motifs is 2. The van der Waals surface area contributed by atoms with Crippen molar-refractivity contribution in [1.82, 2.24) is 9.88 Å². The molecule has 1 amide bonds. The molecule has 0 atom stereocenters. The molecule has 30 heavy (non-hydrogen) atoms. The van der Waals surface area contributed by atoms with Crippen LogP contribution in [-0.2, 0) is 0 Å². The van der Waals surface area contributed by atoms with Crippen molar-refractivity contribution in [3.63, 3.8) is 0 Å². The summed E-state index contributed by atoms with van der Waals surface area (Å²) >= 11 is 1.59. The van der Waals surface area contributed by atoms with Gasteiger partial charge in [0.15, 0.2) is 0 Å². The highest BCUT2D eigenvalue weighted by Gasteiger charge is 2.55. The number of carbonyl (C=O) groups is 1. The van der Waals surface area contributed by atoms with Crippen molar-refractivity contribution in [3.8, 4) is 16.2 Å². The molecule has 3 fully saturated rings. The van der Waals surface area contributed by atoms with E-state index in [1.807, 2.05) is 37.3 Å². The lowest BCUT2D eigenvalue weighted by molar-refractivity contribution is -0.0798. The highest BCUT2D eigenvalue weighted by atomic mass is 32.1. The van der Waals surface area contributed by atoms with Gasteiger partial charge < -0.3 is 9.64 Å². The van der Waals surface area contributed by atoms with Gasteiger partial charge in [-0.15, -0.1) is 11.3 Å². The third kappa shape index (κ3) is 3.41. The largest absolute Gasteiger partial charge is 0.491 e. The van der Waals surface area contributed by atoms with Crippen LogP contribution in [0, 0.1) is 19.8 Å². The lowest BCUT2D eigenvalue weighted by Crippen LogP contribution is -2.67. The minimum Gasteiger partial charge on any atom is -0.491 e. The van der Waals surface area contributed by atoms with Gasteiger partial charge in [0.25, 0.3) is 5.91 Å². The number of hydrogen-bond donors (Lipinski definition) is 0. The number of thiazole rings is 1. The highest BCUT2D eigenvalue weighted by molar-refractivity contribution is 7.15. The van der Waals surface area contributed by atoms with Crippen molar-refractivity contribution in [1.29, 1.82) is 0 Å². The number of hydrogen-bond acceptors (Lipinski definition) is 4. The molecule has 6 rings (SSSR count). The van der Waals surface area contributed by atoms with E-state index in [0.717, 1.165) is 47.0 Å². The van der Waals surface area contributed by atoms with Gasteiger partial charge >= 0.3 is 0 Å². The van der Waals surface area contributed by atoms with Gasteiger partial charge in [-0.25, -0.2) is 4.98 Å². The minimum atomic E-state index is -0.212. The number of benzene rings is 2. The van der Waals surface area contributed by atoms with Crippen LogP contribution >= 0.6 is 11.3 Å². The van der Waals surface area contributed by atoms with E-state index in [1.54, 1.807) is 11.3 Å². The van der Waals surface area contributed by atoms with Crippen LogP contribution in [0.4, 0.5) is 0 Å². The Morgan fingerprint density at radius 1 is 1.13 bits per heavy atom. The lowest BCUT2D eigenvalue weighted by atomic mass is 9.63. The molecular weight excluding hydrogens is 392 g/mol. The molecule has 0 radical (unpaired) electrons. The fraction of sp³-hybridized carbons (Fsp3) is 0.360. The normalized spacial score (nSPS) is 22.5. The molecule has 0 spiro atoms. The first kappa shape index (κ1) is 19.3. The molecular formula is C25H26N2O2S. The molecule has 2 bridgehead atoms. The molecule has 1 aromatic heterocycles. The van der Waals surface area contributed by atoms with E-state index in [1.165, 1.54) is 5.56 Å². The number of carbonyl (C=O) groups excluding carboxylic acids is 1. The van der Waals surface area contributed by atoms with Gasteiger partial charge in [0.2, 0.25) is 0 Å². The van der Waals surface area contributed by atoms with Gasteiger partial charge in [0.1, 0.15) is 18.1 Å². The maximum absolute atomic E-state index is 13.7. The Morgan fingerprint density at radius 2 is 1.87 bits per heavy atom. The Balaban J connectivity index is 1.41. The summed E-state index contributed by atoms with van der Waals surface area (Å²) in [5.74, 6) is 1.62. The summed E-state index contributed by atoms with van der Waals surface area (Å²) in [4.78, 5) is 21.4. The zero-order chi connectivity index (χ0) is 20.7. The molecule has 1 aliphatic carbocycles.